The van der Waals surface area contributed by atoms with Gasteiger partial charge < -0.3 is 10.2 Å². The number of aromatic hydroxyl groups is 1. The van der Waals surface area contributed by atoms with Crippen molar-refractivity contribution in [1.29, 1.82) is 0 Å². The molecule has 2 N–H and O–H groups in total. The molecule has 4 aromatic carbocycles. The molecule has 4 rings (SSSR count). The molecule has 0 aliphatic heterocycles. The number of para-hydroxylation sites is 1. The lowest BCUT2D eigenvalue weighted by atomic mass is 10.1. The molecule has 154 valence electrons. The Labute approximate surface area is 184 Å². The van der Waals surface area contributed by atoms with Crippen molar-refractivity contribution in [3.05, 3.63) is 120 Å². The van der Waals surface area contributed by atoms with Crippen LogP contribution in [0.25, 0.3) is 0 Å². The Kier molecular flexibility index (Phi) is 6.45. The fourth-order valence-electron chi connectivity index (χ4n) is 3.41. The molecule has 0 heterocycles. The standard InChI is InChI=1S/C27H25N2OP/c1-20-10-9-11-21(2)26(20)28-27(22-16-18-23(30)19-17-22)29-31(24-12-5-3-6-13-24)25-14-7-4-8-15-25/h3-19,30H,1-2H3,(H,28,29). The first-order valence-corrected chi connectivity index (χ1v) is 11.6. The molecule has 0 radical (unpaired) electrons. The molecule has 0 saturated carbocycles. The lowest BCUT2D eigenvalue weighted by Crippen LogP contribution is -2.29. The molecule has 0 fully saturated rings. The maximum Gasteiger partial charge on any atom is 0.137 e. The second-order valence-electron chi connectivity index (χ2n) is 7.37. The Morgan fingerprint density at radius 3 is 1.71 bits per heavy atom. The largest absolute Gasteiger partial charge is 0.508 e. The third kappa shape index (κ3) is 5.02. The van der Waals surface area contributed by atoms with Crippen LogP contribution in [0.3, 0.4) is 0 Å². The van der Waals surface area contributed by atoms with Gasteiger partial charge >= 0.3 is 0 Å². The van der Waals surface area contributed by atoms with Crippen molar-refractivity contribution in [3.8, 4) is 5.75 Å². The van der Waals surface area contributed by atoms with Gasteiger partial charge in [0.05, 0.1) is 13.8 Å². The number of nitrogens with one attached hydrogen (secondary N) is 1. The summed E-state index contributed by atoms with van der Waals surface area (Å²) >= 11 is 0. The Morgan fingerprint density at radius 2 is 1.19 bits per heavy atom. The lowest BCUT2D eigenvalue weighted by molar-refractivity contribution is 0.475. The van der Waals surface area contributed by atoms with E-state index in [1.807, 2.05) is 24.3 Å². The van der Waals surface area contributed by atoms with Crippen LogP contribution in [-0.2, 0) is 0 Å². The van der Waals surface area contributed by atoms with Crippen molar-refractivity contribution in [3.63, 3.8) is 0 Å². The topological polar surface area (TPSA) is 44.6 Å². The zero-order valence-electron chi connectivity index (χ0n) is 17.7. The second-order valence-corrected chi connectivity index (χ2v) is 9.29. The minimum absolute atomic E-state index is 0.239. The van der Waals surface area contributed by atoms with Gasteiger partial charge in [-0.05, 0) is 49.2 Å². The normalized spacial score (nSPS) is 11.5. The van der Waals surface area contributed by atoms with Crippen molar-refractivity contribution in [2.45, 2.75) is 13.8 Å². The van der Waals surface area contributed by atoms with Gasteiger partial charge in [0.2, 0.25) is 0 Å². The quantitative estimate of drug-likeness (QED) is 0.244. The van der Waals surface area contributed by atoms with E-state index in [0.717, 1.165) is 28.2 Å². The van der Waals surface area contributed by atoms with Gasteiger partial charge in [-0.2, -0.15) is 0 Å². The van der Waals surface area contributed by atoms with Gasteiger partial charge in [0.15, 0.2) is 0 Å². The van der Waals surface area contributed by atoms with E-state index >= 15 is 0 Å². The van der Waals surface area contributed by atoms with Crippen LogP contribution in [0.15, 0.2) is 108 Å². The number of rotatable bonds is 5. The number of aryl methyl sites for hydroxylation is 2. The smallest absolute Gasteiger partial charge is 0.137 e. The number of amidine groups is 1. The highest BCUT2D eigenvalue weighted by atomic mass is 31.1. The summed E-state index contributed by atoms with van der Waals surface area (Å²) in [5, 5.41) is 16.0. The summed E-state index contributed by atoms with van der Waals surface area (Å²) in [6.07, 6.45) is 0. The third-order valence-electron chi connectivity index (χ3n) is 5.05. The monoisotopic (exact) mass is 424 g/mol. The molecule has 0 aromatic heterocycles. The highest BCUT2D eigenvalue weighted by Crippen LogP contribution is 2.31. The maximum absolute atomic E-state index is 9.80. The Balaban J connectivity index is 1.84. The zero-order valence-corrected chi connectivity index (χ0v) is 18.6. The fourth-order valence-corrected chi connectivity index (χ4v) is 5.29. The van der Waals surface area contributed by atoms with E-state index in [1.165, 1.54) is 10.6 Å². The van der Waals surface area contributed by atoms with Crippen molar-refractivity contribution in [2.24, 2.45) is 4.99 Å². The summed E-state index contributed by atoms with van der Waals surface area (Å²) in [6.45, 7) is 4.16. The molecule has 0 saturated heterocycles. The predicted octanol–water partition coefficient (Wildman–Crippen LogP) is 5.72. The van der Waals surface area contributed by atoms with Crippen molar-refractivity contribution in [2.75, 3.05) is 0 Å². The van der Waals surface area contributed by atoms with Crippen LogP contribution in [0.4, 0.5) is 5.69 Å². The van der Waals surface area contributed by atoms with E-state index in [9.17, 15) is 5.11 Å². The molecule has 0 spiro atoms. The summed E-state index contributed by atoms with van der Waals surface area (Å²) in [6, 6.07) is 34.4. The molecule has 31 heavy (non-hydrogen) atoms. The SMILES string of the molecule is Cc1cccc(C)c1/N=C(/NP(c1ccccc1)c1ccccc1)c1ccc(O)cc1. The third-order valence-corrected chi connectivity index (χ3v) is 7.11. The van der Waals surface area contributed by atoms with E-state index in [-0.39, 0.29) is 5.75 Å². The predicted molar refractivity (Wildman–Crippen MR) is 132 cm³/mol. The average Bonchev–Trinajstić information content (AvgIpc) is 2.80. The molecule has 0 bridgehead atoms. The van der Waals surface area contributed by atoms with E-state index in [4.69, 9.17) is 4.99 Å². The number of phenolic OH excluding ortho intramolecular Hbond substituents is 1. The number of aliphatic imine (C=N–C) groups is 1. The summed E-state index contributed by atoms with van der Waals surface area (Å²) in [5.41, 5.74) is 4.15. The Hall–Kier alpha value is -3.42. The van der Waals surface area contributed by atoms with Crippen LogP contribution < -0.4 is 15.7 Å². The van der Waals surface area contributed by atoms with Gasteiger partial charge in [0, 0.05) is 16.2 Å². The number of benzene rings is 4. The lowest BCUT2D eigenvalue weighted by Gasteiger charge is -2.22. The van der Waals surface area contributed by atoms with Gasteiger partial charge in [-0.1, -0.05) is 78.9 Å². The number of hydrogen-bond acceptors (Lipinski definition) is 2. The molecule has 0 aliphatic rings. The van der Waals surface area contributed by atoms with Gasteiger partial charge in [-0.25, -0.2) is 4.99 Å². The molecule has 4 heteroatoms. The molecule has 0 atom stereocenters. The van der Waals surface area contributed by atoms with Gasteiger partial charge in [-0.15, -0.1) is 0 Å². The Morgan fingerprint density at radius 1 is 0.677 bits per heavy atom. The molecule has 0 unspecified atom stereocenters. The van der Waals surface area contributed by atoms with Crippen molar-refractivity contribution < 1.29 is 5.11 Å². The average molecular weight is 424 g/mol. The highest BCUT2D eigenvalue weighted by Gasteiger charge is 2.17. The molecule has 0 aliphatic carbocycles. The van der Waals surface area contributed by atoms with Gasteiger partial charge in [-0.3, -0.25) is 0 Å². The second kappa shape index (κ2) is 9.59. The van der Waals surface area contributed by atoms with Crippen LogP contribution in [0.1, 0.15) is 16.7 Å². The number of hydrogen-bond donors (Lipinski definition) is 2. The maximum atomic E-state index is 9.80. The van der Waals surface area contributed by atoms with Gasteiger partial charge in [0.25, 0.3) is 0 Å². The van der Waals surface area contributed by atoms with E-state index in [0.29, 0.717) is 0 Å². The van der Waals surface area contributed by atoms with Crippen LogP contribution in [-0.4, -0.2) is 10.9 Å². The number of nitrogens with zero attached hydrogens (tertiary/aromatic N) is 1. The van der Waals surface area contributed by atoms with E-state index < -0.39 is 8.07 Å². The van der Waals surface area contributed by atoms with E-state index in [2.05, 4.69) is 85.7 Å². The minimum Gasteiger partial charge on any atom is -0.508 e. The number of phenols is 1. The molecule has 0 amide bonds. The molecular formula is C27H25N2OP. The van der Waals surface area contributed by atoms with Crippen molar-refractivity contribution in [1.82, 2.24) is 5.09 Å². The summed E-state index contributed by atoms with van der Waals surface area (Å²) in [4.78, 5) is 5.09. The summed E-state index contributed by atoms with van der Waals surface area (Å²) in [5.74, 6) is 1.03. The van der Waals surface area contributed by atoms with Crippen LogP contribution in [0.5, 0.6) is 5.75 Å². The summed E-state index contributed by atoms with van der Waals surface area (Å²) in [7, 11) is -0.880. The molecule has 4 aromatic rings. The van der Waals surface area contributed by atoms with E-state index in [1.54, 1.807) is 12.1 Å². The highest BCUT2D eigenvalue weighted by molar-refractivity contribution is 7.71. The van der Waals surface area contributed by atoms with Crippen LogP contribution in [0, 0.1) is 13.8 Å². The minimum atomic E-state index is -0.880. The van der Waals surface area contributed by atoms with Crippen LogP contribution in [0.2, 0.25) is 0 Å². The first-order chi connectivity index (χ1) is 15.1. The molecular weight excluding hydrogens is 399 g/mol. The summed E-state index contributed by atoms with van der Waals surface area (Å²) < 4.78 is 0. The fraction of sp³-hybridized carbons (Fsp3) is 0.0741. The first kappa shape index (κ1) is 20.8. The van der Waals surface area contributed by atoms with Crippen LogP contribution >= 0.6 is 8.07 Å². The van der Waals surface area contributed by atoms with Gasteiger partial charge in [0.1, 0.15) is 11.6 Å². The Bertz CT molecular complexity index is 1110. The first-order valence-electron chi connectivity index (χ1n) is 10.2. The zero-order chi connectivity index (χ0) is 21.6. The molecule has 3 nitrogen and oxygen atoms in total. The van der Waals surface area contributed by atoms with Crippen molar-refractivity contribution >= 4 is 30.2 Å².